The zero-order valence-electron chi connectivity index (χ0n) is 18.0. The molecule has 0 aliphatic rings. The molecule has 0 amide bonds. The minimum absolute atomic E-state index is 0.376. The molecule has 0 spiro atoms. The molecule has 8 heteroatoms. The Kier molecular flexibility index (Phi) is 6.67. The average molecular weight is 421 g/mol. The molecular weight excluding hydrogens is 398 g/mol. The maximum Gasteiger partial charge on any atom is 0.203 e. The Morgan fingerprint density at radius 1 is 0.774 bits per heavy atom. The second-order valence-corrected chi connectivity index (χ2v) is 6.33. The average Bonchev–Trinajstić information content (AvgIpc) is 2.82. The van der Waals surface area contributed by atoms with E-state index in [0.717, 1.165) is 5.56 Å². The summed E-state index contributed by atoms with van der Waals surface area (Å²) in [6.45, 7) is 0. The number of benzene rings is 2. The van der Waals surface area contributed by atoms with Crippen molar-refractivity contribution in [2.24, 2.45) is 0 Å². The van der Waals surface area contributed by atoms with Gasteiger partial charge in [-0.3, -0.25) is 4.98 Å². The molecule has 0 fully saturated rings. The number of ether oxygens (including phenoxy) is 5. The molecule has 0 unspecified atom stereocenters. The molecule has 0 saturated carbocycles. The van der Waals surface area contributed by atoms with Crippen LogP contribution in [0.4, 0.5) is 11.4 Å². The van der Waals surface area contributed by atoms with Crippen LogP contribution in [0.25, 0.3) is 11.1 Å². The highest BCUT2D eigenvalue weighted by Crippen LogP contribution is 2.42. The highest BCUT2D eigenvalue weighted by molar-refractivity contribution is 5.85. The van der Waals surface area contributed by atoms with Gasteiger partial charge in [0.15, 0.2) is 23.0 Å². The largest absolute Gasteiger partial charge is 0.493 e. The van der Waals surface area contributed by atoms with Gasteiger partial charge in [-0.25, -0.2) is 0 Å². The summed E-state index contributed by atoms with van der Waals surface area (Å²) in [5.74, 6) is 2.64. The van der Waals surface area contributed by atoms with Crippen LogP contribution in [0.5, 0.6) is 28.7 Å². The van der Waals surface area contributed by atoms with Gasteiger partial charge in [0.05, 0.1) is 46.8 Å². The Hall–Kier alpha value is -4.12. The van der Waals surface area contributed by atoms with Gasteiger partial charge in [-0.1, -0.05) is 6.07 Å². The van der Waals surface area contributed by atoms with Gasteiger partial charge in [-0.05, 0) is 17.7 Å². The van der Waals surface area contributed by atoms with Crippen LogP contribution in [-0.4, -0.2) is 40.5 Å². The molecule has 0 saturated heterocycles. The van der Waals surface area contributed by atoms with Gasteiger partial charge in [-0.15, -0.1) is 0 Å². The summed E-state index contributed by atoms with van der Waals surface area (Å²) in [4.78, 5) is 4.22. The predicted octanol–water partition coefficient (Wildman–Crippen LogP) is 4.41. The molecule has 8 nitrogen and oxygen atoms in total. The fourth-order valence-electron chi connectivity index (χ4n) is 3.20. The normalized spacial score (nSPS) is 10.1. The number of pyridine rings is 1. The number of rotatable bonds is 8. The van der Waals surface area contributed by atoms with E-state index in [2.05, 4.69) is 16.4 Å². The Bertz CT molecular complexity index is 1100. The summed E-state index contributed by atoms with van der Waals surface area (Å²) in [6.07, 6.45) is 3.19. The highest BCUT2D eigenvalue weighted by Gasteiger charge is 2.17. The van der Waals surface area contributed by atoms with Gasteiger partial charge in [0.25, 0.3) is 0 Å². The molecule has 0 atom stereocenters. The van der Waals surface area contributed by atoms with E-state index in [4.69, 9.17) is 23.7 Å². The molecule has 1 heterocycles. The van der Waals surface area contributed by atoms with Crippen LogP contribution < -0.4 is 29.0 Å². The second-order valence-electron chi connectivity index (χ2n) is 6.33. The van der Waals surface area contributed by atoms with E-state index in [-0.39, 0.29) is 0 Å². The van der Waals surface area contributed by atoms with Crippen LogP contribution >= 0.6 is 0 Å². The van der Waals surface area contributed by atoms with Crippen molar-refractivity contribution in [3.63, 3.8) is 0 Å². The summed E-state index contributed by atoms with van der Waals surface area (Å²) in [6, 6.07) is 11.2. The van der Waals surface area contributed by atoms with E-state index >= 15 is 0 Å². The highest BCUT2D eigenvalue weighted by atomic mass is 16.5. The zero-order chi connectivity index (χ0) is 22.4. The molecule has 1 aromatic heterocycles. The third kappa shape index (κ3) is 4.26. The Morgan fingerprint density at radius 3 is 1.97 bits per heavy atom. The summed E-state index contributed by atoms with van der Waals surface area (Å²) >= 11 is 0. The number of aromatic nitrogens is 1. The van der Waals surface area contributed by atoms with Gasteiger partial charge < -0.3 is 29.0 Å². The third-order valence-electron chi connectivity index (χ3n) is 4.70. The van der Waals surface area contributed by atoms with Crippen molar-refractivity contribution in [1.82, 2.24) is 4.98 Å². The first kappa shape index (κ1) is 21.6. The number of nitrogens with one attached hydrogen (secondary N) is 1. The van der Waals surface area contributed by atoms with Crippen LogP contribution in [0, 0.1) is 11.3 Å². The first-order valence-electron chi connectivity index (χ1n) is 9.27. The lowest BCUT2D eigenvalue weighted by molar-refractivity contribution is 0.324. The number of nitrogens with zero attached hydrogens (tertiary/aromatic N) is 2. The van der Waals surface area contributed by atoms with Crippen LogP contribution in [0.1, 0.15) is 5.56 Å². The van der Waals surface area contributed by atoms with Gasteiger partial charge >= 0.3 is 0 Å². The number of nitriles is 1. The van der Waals surface area contributed by atoms with Crippen LogP contribution in [-0.2, 0) is 0 Å². The third-order valence-corrected chi connectivity index (χ3v) is 4.70. The van der Waals surface area contributed by atoms with Gasteiger partial charge in [0.2, 0.25) is 5.75 Å². The molecule has 2 aromatic carbocycles. The summed E-state index contributed by atoms with van der Waals surface area (Å²) in [7, 11) is 7.78. The van der Waals surface area contributed by atoms with Crippen LogP contribution in [0.2, 0.25) is 0 Å². The topological polar surface area (TPSA) is 94.9 Å². The van der Waals surface area contributed by atoms with Crippen molar-refractivity contribution in [2.45, 2.75) is 0 Å². The van der Waals surface area contributed by atoms with Gasteiger partial charge in [0.1, 0.15) is 6.07 Å². The number of hydrogen-bond donors (Lipinski definition) is 1. The number of methoxy groups -OCH3 is 5. The zero-order valence-corrected chi connectivity index (χ0v) is 18.0. The molecule has 1 N–H and O–H groups in total. The molecule has 0 aliphatic heterocycles. The molecule has 0 aliphatic carbocycles. The minimum atomic E-state index is 0.376. The molecule has 0 bridgehead atoms. The molecular formula is C23H23N3O5. The second kappa shape index (κ2) is 9.59. The fourth-order valence-corrected chi connectivity index (χ4v) is 3.20. The molecule has 3 aromatic rings. The van der Waals surface area contributed by atoms with Crippen LogP contribution in [0.15, 0.2) is 42.7 Å². The van der Waals surface area contributed by atoms with E-state index in [9.17, 15) is 5.26 Å². The van der Waals surface area contributed by atoms with Gasteiger partial charge in [0, 0.05) is 35.8 Å². The van der Waals surface area contributed by atoms with Crippen molar-refractivity contribution in [3.8, 4) is 45.9 Å². The van der Waals surface area contributed by atoms with Crippen LogP contribution in [0.3, 0.4) is 0 Å². The molecule has 160 valence electrons. The lowest BCUT2D eigenvalue weighted by Gasteiger charge is -2.18. The monoisotopic (exact) mass is 421 g/mol. The Balaban J connectivity index is 2.14. The maximum atomic E-state index is 9.69. The van der Waals surface area contributed by atoms with Crippen molar-refractivity contribution in [3.05, 3.63) is 48.3 Å². The lowest BCUT2D eigenvalue weighted by Crippen LogP contribution is -2.01. The smallest absolute Gasteiger partial charge is 0.203 e. The van der Waals surface area contributed by atoms with Crippen molar-refractivity contribution in [1.29, 1.82) is 5.26 Å². The van der Waals surface area contributed by atoms with E-state index in [1.165, 1.54) is 6.20 Å². The lowest BCUT2D eigenvalue weighted by atomic mass is 10.0. The van der Waals surface area contributed by atoms with Crippen molar-refractivity contribution < 1.29 is 23.7 Å². The van der Waals surface area contributed by atoms with Crippen molar-refractivity contribution in [2.75, 3.05) is 40.9 Å². The first-order valence-corrected chi connectivity index (χ1v) is 9.27. The molecule has 0 radical (unpaired) electrons. The predicted molar refractivity (Wildman–Crippen MR) is 117 cm³/mol. The molecule has 31 heavy (non-hydrogen) atoms. The first-order chi connectivity index (χ1) is 15.1. The summed E-state index contributed by atoms with van der Waals surface area (Å²) < 4.78 is 27.0. The quantitative estimate of drug-likeness (QED) is 0.572. The Morgan fingerprint density at radius 2 is 1.42 bits per heavy atom. The fraction of sp³-hybridized carbons (Fsp3) is 0.217. The number of anilines is 2. The maximum absolute atomic E-state index is 9.69. The SMILES string of the molecule is COc1ccc(-c2cncc(C#N)c2Nc2cc(OC)c(OC)c(OC)c2)cc1OC. The van der Waals surface area contributed by atoms with E-state index < -0.39 is 0 Å². The van der Waals surface area contributed by atoms with E-state index in [1.807, 2.05) is 12.1 Å². The van der Waals surface area contributed by atoms with E-state index in [1.54, 1.807) is 59.9 Å². The standard InChI is InChI=1S/C23H23N3O5/c1-27-18-7-6-14(8-19(18)28-2)17-13-25-12-15(11-24)22(17)26-16-9-20(29-3)23(31-5)21(10-16)30-4/h6-10,12-13H,1-5H3,(H,25,26). The number of hydrogen-bond acceptors (Lipinski definition) is 8. The summed E-state index contributed by atoms with van der Waals surface area (Å²) in [5, 5.41) is 13.0. The minimum Gasteiger partial charge on any atom is -0.493 e. The van der Waals surface area contributed by atoms with E-state index in [0.29, 0.717) is 51.2 Å². The summed E-state index contributed by atoms with van der Waals surface area (Å²) in [5.41, 5.74) is 3.13. The van der Waals surface area contributed by atoms with Gasteiger partial charge in [-0.2, -0.15) is 5.26 Å². The molecule has 3 rings (SSSR count). The Labute approximate surface area is 180 Å². The van der Waals surface area contributed by atoms with Crippen molar-refractivity contribution >= 4 is 11.4 Å².